The first-order valence-electron chi connectivity index (χ1n) is 11.2. The van der Waals surface area contributed by atoms with Crippen LogP contribution in [0.2, 0.25) is 4.34 Å². The van der Waals surface area contributed by atoms with E-state index in [9.17, 15) is 16.8 Å². The molecule has 0 saturated carbocycles. The standard InChI is InChI=1S/C24H22ClN5O5S3/c1-13(2)38(33,34)30-16-11-15(12-17(35-37(3,31)32)22(16)29-24(30)26)21-20(14-7-5-4-6-8-14)27-23(28-21)18-9-10-19(25)36-18/h4-13H,1-3H3,(H2,26,29)(H,27,28). The van der Waals surface area contributed by atoms with Gasteiger partial charge in [0.15, 0.2) is 5.75 Å². The first-order valence-corrected chi connectivity index (χ1v) is 15.7. The van der Waals surface area contributed by atoms with Crippen LogP contribution in [0.25, 0.3) is 44.2 Å². The molecule has 0 bridgehead atoms. The lowest BCUT2D eigenvalue weighted by atomic mass is 10.0. The Morgan fingerprint density at radius 2 is 1.74 bits per heavy atom. The van der Waals surface area contributed by atoms with Crippen LogP contribution in [0, 0.1) is 0 Å². The lowest BCUT2D eigenvalue weighted by Gasteiger charge is -2.12. The quantitative estimate of drug-likeness (QED) is 0.251. The molecule has 0 radical (unpaired) electrons. The molecule has 0 unspecified atom stereocenters. The minimum absolute atomic E-state index is 0.0111. The molecule has 0 fully saturated rings. The number of nitrogens with zero attached hydrogens (tertiary/aromatic N) is 3. The van der Waals surface area contributed by atoms with E-state index in [1.165, 1.54) is 31.3 Å². The van der Waals surface area contributed by atoms with Crippen molar-refractivity contribution < 1.29 is 21.0 Å². The van der Waals surface area contributed by atoms with Crippen molar-refractivity contribution >= 4 is 60.1 Å². The highest BCUT2D eigenvalue weighted by Crippen LogP contribution is 2.40. The summed E-state index contributed by atoms with van der Waals surface area (Å²) in [5.41, 5.74) is 8.34. The van der Waals surface area contributed by atoms with Gasteiger partial charge >= 0.3 is 10.1 Å². The summed E-state index contributed by atoms with van der Waals surface area (Å²) in [6, 6.07) is 16.0. The summed E-state index contributed by atoms with van der Waals surface area (Å²) in [7, 11) is -7.97. The zero-order valence-electron chi connectivity index (χ0n) is 20.3. The molecule has 0 aliphatic rings. The van der Waals surface area contributed by atoms with Gasteiger partial charge in [-0.15, -0.1) is 11.3 Å². The van der Waals surface area contributed by atoms with Crippen LogP contribution >= 0.6 is 22.9 Å². The smallest absolute Gasteiger partial charge is 0.306 e. The molecule has 5 rings (SSSR count). The molecule has 3 heterocycles. The Kier molecular flexibility index (Phi) is 6.50. The number of anilines is 1. The second-order valence-electron chi connectivity index (χ2n) is 8.74. The number of fused-ring (bicyclic) bond motifs is 1. The van der Waals surface area contributed by atoms with Gasteiger partial charge in [-0.25, -0.2) is 22.4 Å². The molecule has 14 heteroatoms. The first kappa shape index (κ1) is 26.2. The molecule has 3 N–H and O–H groups in total. The predicted octanol–water partition coefficient (Wildman–Crippen LogP) is 4.98. The zero-order chi connectivity index (χ0) is 27.4. The second-order valence-corrected chi connectivity index (χ2v) is 14.4. The van der Waals surface area contributed by atoms with Crippen LogP contribution in [0.3, 0.4) is 0 Å². The van der Waals surface area contributed by atoms with Gasteiger partial charge in [0.2, 0.25) is 16.0 Å². The van der Waals surface area contributed by atoms with Gasteiger partial charge in [0.05, 0.1) is 37.6 Å². The van der Waals surface area contributed by atoms with Gasteiger partial charge in [-0.1, -0.05) is 41.9 Å². The van der Waals surface area contributed by atoms with Crippen molar-refractivity contribution in [3.8, 4) is 39.0 Å². The largest absolute Gasteiger partial charge is 0.380 e. The number of imidazole rings is 2. The molecular formula is C24H22ClN5O5S3. The van der Waals surface area contributed by atoms with Crippen LogP contribution in [0.4, 0.5) is 5.95 Å². The van der Waals surface area contributed by atoms with Gasteiger partial charge in [-0.2, -0.15) is 8.42 Å². The van der Waals surface area contributed by atoms with E-state index in [-0.39, 0.29) is 22.7 Å². The van der Waals surface area contributed by atoms with Gasteiger partial charge in [-0.05, 0) is 38.1 Å². The number of benzene rings is 2. The van der Waals surface area contributed by atoms with Crippen molar-refractivity contribution in [3.05, 3.63) is 58.9 Å². The summed E-state index contributed by atoms with van der Waals surface area (Å²) in [6.45, 7) is 3.02. The number of nitrogens with one attached hydrogen (secondary N) is 1. The first-order chi connectivity index (χ1) is 17.8. The third-order valence-corrected chi connectivity index (χ3v) is 9.45. The lowest BCUT2D eigenvalue weighted by molar-refractivity contribution is 0.495. The summed E-state index contributed by atoms with van der Waals surface area (Å²) in [5.74, 6) is 0.0415. The molecule has 38 heavy (non-hydrogen) atoms. The van der Waals surface area contributed by atoms with E-state index in [1.54, 1.807) is 12.1 Å². The summed E-state index contributed by atoms with van der Waals surface area (Å²) in [6.07, 6.45) is 0.888. The minimum Gasteiger partial charge on any atom is -0.380 e. The Bertz CT molecular complexity index is 1890. The highest BCUT2D eigenvalue weighted by Gasteiger charge is 2.28. The normalized spacial score (nSPS) is 12.4. The molecular weight excluding hydrogens is 570 g/mol. The average molecular weight is 592 g/mol. The minimum atomic E-state index is -4.00. The third-order valence-electron chi connectivity index (χ3n) is 5.65. The Morgan fingerprint density at radius 1 is 1.03 bits per heavy atom. The topological polar surface area (TPSA) is 150 Å². The number of hydrogen-bond acceptors (Lipinski definition) is 9. The Morgan fingerprint density at radius 3 is 2.34 bits per heavy atom. The van der Waals surface area contributed by atoms with Crippen molar-refractivity contribution in [1.29, 1.82) is 0 Å². The maximum Gasteiger partial charge on any atom is 0.306 e. The van der Waals surface area contributed by atoms with E-state index in [4.69, 9.17) is 26.5 Å². The lowest BCUT2D eigenvalue weighted by Crippen LogP contribution is -2.23. The molecule has 5 aromatic rings. The molecule has 3 aromatic heterocycles. The van der Waals surface area contributed by atoms with E-state index in [1.807, 2.05) is 36.4 Å². The van der Waals surface area contributed by atoms with Crippen molar-refractivity contribution in [2.24, 2.45) is 0 Å². The SMILES string of the molecule is CC(C)S(=O)(=O)n1c(N)nc2c(OS(C)(=O)=O)cc(-c3nc(-c4ccc(Cl)s4)[nH]c3-c3ccccc3)cc21. The average Bonchev–Trinajstić information content (AvgIpc) is 3.54. The maximum atomic E-state index is 13.2. The van der Waals surface area contributed by atoms with Crippen molar-refractivity contribution in [1.82, 2.24) is 18.9 Å². The number of H-pyrrole nitrogens is 1. The van der Waals surface area contributed by atoms with Gasteiger partial charge in [0, 0.05) is 11.1 Å². The van der Waals surface area contributed by atoms with Crippen LogP contribution in [0.5, 0.6) is 5.75 Å². The number of rotatable bonds is 7. The molecule has 0 amide bonds. The van der Waals surface area contributed by atoms with Gasteiger partial charge in [-0.3, -0.25) is 0 Å². The van der Waals surface area contributed by atoms with E-state index < -0.39 is 25.4 Å². The summed E-state index contributed by atoms with van der Waals surface area (Å²) >= 11 is 7.49. The monoisotopic (exact) mass is 591 g/mol. The van der Waals surface area contributed by atoms with Crippen LogP contribution in [-0.4, -0.2) is 47.3 Å². The molecule has 0 atom stereocenters. The zero-order valence-corrected chi connectivity index (χ0v) is 23.5. The summed E-state index contributed by atoms with van der Waals surface area (Å²) < 4.78 is 57.4. The van der Waals surface area contributed by atoms with E-state index >= 15 is 0 Å². The van der Waals surface area contributed by atoms with E-state index in [0.29, 0.717) is 27.1 Å². The molecule has 10 nitrogen and oxygen atoms in total. The number of hydrogen-bond donors (Lipinski definition) is 2. The highest BCUT2D eigenvalue weighted by atomic mass is 35.5. The molecule has 198 valence electrons. The van der Waals surface area contributed by atoms with Crippen LogP contribution in [-0.2, 0) is 20.1 Å². The number of halogens is 1. The van der Waals surface area contributed by atoms with E-state index in [2.05, 4.69) is 9.97 Å². The number of aromatic amines is 1. The highest BCUT2D eigenvalue weighted by molar-refractivity contribution is 7.90. The molecule has 0 aliphatic heterocycles. The fourth-order valence-electron chi connectivity index (χ4n) is 3.94. The van der Waals surface area contributed by atoms with Crippen molar-refractivity contribution in [2.45, 2.75) is 19.1 Å². The third kappa shape index (κ3) is 4.77. The molecule has 0 spiro atoms. The van der Waals surface area contributed by atoms with Gasteiger partial charge < -0.3 is 14.9 Å². The summed E-state index contributed by atoms with van der Waals surface area (Å²) in [5, 5.41) is -0.828. The molecule has 0 aliphatic carbocycles. The van der Waals surface area contributed by atoms with Gasteiger partial charge in [0.1, 0.15) is 11.3 Å². The molecule has 2 aromatic carbocycles. The predicted molar refractivity (Wildman–Crippen MR) is 150 cm³/mol. The fraction of sp³-hybridized carbons (Fsp3) is 0.167. The number of nitrogens with two attached hydrogens (primary N) is 1. The Labute approximate surface area is 228 Å². The second kappa shape index (κ2) is 9.42. The van der Waals surface area contributed by atoms with Crippen molar-refractivity contribution in [2.75, 3.05) is 12.0 Å². The Balaban J connectivity index is 1.85. The number of aromatic nitrogens is 4. The fourth-order valence-corrected chi connectivity index (χ4v) is 6.52. The maximum absolute atomic E-state index is 13.2. The Hall–Kier alpha value is -3.39. The molecule has 0 saturated heterocycles. The number of nitrogen functional groups attached to an aromatic ring is 1. The van der Waals surface area contributed by atoms with E-state index in [0.717, 1.165) is 20.7 Å². The van der Waals surface area contributed by atoms with Crippen LogP contribution < -0.4 is 9.92 Å². The van der Waals surface area contributed by atoms with Crippen LogP contribution in [0.15, 0.2) is 54.6 Å². The summed E-state index contributed by atoms with van der Waals surface area (Å²) in [4.78, 5) is 13.1. The number of thiophene rings is 1. The van der Waals surface area contributed by atoms with Crippen molar-refractivity contribution in [3.63, 3.8) is 0 Å². The van der Waals surface area contributed by atoms with Crippen LogP contribution in [0.1, 0.15) is 13.8 Å². The van der Waals surface area contributed by atoms with Gasteiger partial charge in [0.25, 0.3) is 0 Å².